The highest BCUT2D eigenvalue weighted by atomic mass is 35.5. The third-order valence-corrected chi connectivity index (χ3v) is 1.88. The number of H-pyrrole nitrogens is 1. The van der Waals surface area contributed by atoms with Crippen molar-refractivity contribution in [2.75, 3.05) is 0 Å². The molecule has 6 heteroatoms. The minimum absolute atomic E-state index is 0. The molecule has 0 amide bonds. The molecule has 1 fully saturated rings. The second-order valence-electron chi connectivity index (χ2n) is 2.97. The number of nitrogens with two attached hydrogens (primary N) is 1. The summed E-state index contributed by atoms with van der Waals surface area (Å²) in [5.41, 5.74) is 5.89. The lowest BCUT2D eigenvalue weighted by molar-refractivity contribution is 0.646. The molecule has 1 aromatic rings. The highest BCUT2D eigenvalue weighted by Crippen LogP contribution is 2.34. The van der Waals surface area contributed by atoms with Gasteiger partial charge in [-0.05, 0) is 12.8 Å². The van der Waals surface area contributed by atoms with Crippen molar-refractivity contribution in [3.63, 3.8) is 0 Å². The fourth-order valence-electron chi connectivity index (χ4n) is 0.987. The maximum Gasteiger partial charge on any atom is 0.137 e. The van der Waals surface area contributed by atoms with E-state index in [0.717, 1.165) is 25.1 Å². The Kier molecular flexibility index (Phi) is 3.96. The van der Waals surface area contributed by atoms with Gasteiger partial charge in [0.25, 0.3) is 0 Å². The van der Waals surface area contributed by atoms with E-state index < -0.39 is 0 Å². The third kappa shape index (κ3) is 2.62. The van der Waals surface area contributed by atoms with Crippen LogP contribution < -0.4 is 5.73 Å². The zero-order chi connectivity index (χ0) is 7.03. The van der Waals surface area contributed by atoms with Crippen LogP contribution in [0.1, 0.15) is 18.7 Å². The van der Waals surface area contributed by atoms with Crippen LogP contribution in [-0.2, 0) is 6.42 Å². The Balaban J connectivity index is 0.000000605. The topological polar surface area (TPSA) is 67.6 Å². The van der Waals surface area contributed by atoms with Gasteiger partial charge in [0, 0.05) is 12.0 Å². The van der Waals surface area contributed by atoms with Crippen LogP contribution in [0.3, 0.4) is 0 Å². The molecule has 70 valence electrons. The van der Waals surface area contributed by atoms with Crippen LogP contribution in [0, 0.1) is 0 Å². The number of hydrogen-bond donors (Lipinski definition) is 2. The van der Waals surface area contributed by atoms with Crippen molar-refractivity contribution in [1.82, 2.24) is 15.2 Å². The van der Waals surface area contributed by atoms with Gasteiger partial charge in [0.1, 0.15) is 12.2 Å². The summed E-state index contributed by atoms with van der Waals surface area (Å²) in [4.78, 5) is 3.99. The second-order valence-corrected chi connectivity index (χ2v) is 2.97. The maximum absolute atomic E-state index is 5.85. The van der Waals surface area contributed by atoms with Crippen molar-refractivity contribution in [2.45, 2.75) is 24.8 Å². The molecule has 1 aromatic heterocycles. The number of nitrogens with one attached hydrogen (secondary N) is 1. The Morgan fingerprint density at radius 2 is 2.17 bits per heavy atom. The molecule has 0 radical (unpaired) electrons. The zero-order valence-corrected chi connectivity index (χ0v) is 8.12. The molecule has 0 aromatic carbocycles. The van der Waals surface area contributed by atoms with E-state index in [-0.39, 0.29) is 30.4 Å². The summed E-state index contributed by atoms with van der Waals surface area (Å²) < 4.78 is 0. The van der Waals surface area contributed by atoms with E-state index in [1.807, 2.05) is 0 Å². The Hall–Kier alpha value is -0.320. The Labute approximate surface area is 83.1 Å². The quantitative estimate of drug-likeness (QED) is 0.755. The van der Waals surface area contributed by atoms with Gasteiger partial charge in [-0.3, -0.25) is 5.10 Å². The van der Waals surface area contributed by atoms with E-state index >= 15 is 0 Å². The van der Waals surface area contributed by atoms with E-state index in [1.165, 1.54) is 6.33 Å². The SMILES string of the molecule is Cl.Cl.NC1(Cc2ncn[nH]2)CC1. The number of halogens is 2. The minimum atomic E-state index is 0. The van der Waals surface area contributed by atoms with E-state index in [0.29, 0.717) is 0 Å². The summed E-state index contributed by atoms with van der Waals surface area (Å²) in [6, 6.07) is 0. The fraction of sp³-hybridized carbons (Fsp3) is 0.667. The maximum atomic E-state index is 5.85. The van der Waals surface area contributed by atoms with Crippen LogP contribution in [0.25, 0.3) is 0 Å². The predicted octanol–water partition coefficient (Wildman–Crippen LogP) is 0.682. The molecule has 0 atom stereocenters. The van der Waals surface area contributed by atoms with Crippen molar-refractivity contribution in [3.05, 3.63) is 12.2 Å². The molecule has 1 heterocycles. The van der Waals surface area contributed by atoms with Crippen molar-refractivity contribution in [1.29, 1.82) is 0 Å². The Bertz CT molecular complexity index is 219. The number of nitrogens with zero attached hydrogens (tertiary/aromatic N) is 2. The predicted molar refractivity (Wildman–Crippen MR) is 50.7 cm³/mol. The van der Waals surface area contributed by atoms with Gasteiger partial charge in [0.15, 0.2) is 0 Å². The van der Waals surface area contributed by atoms with Crippen LogP contribution in [0.15, 0.2) is 6.33 Å². The average molecular weight is 211 g/mol. The summed E-state index contributed by atoms with van der Waals surface area (Å²) in [7, 11) is 0. The van der Waals surface area contributed by atoms with Crippen molar-refractivity contribution >= 4 is 24.8 Å². The second kappa shape index (κ2) is 4.07. The molecule has 4 nitrogen and oxygen atoms in total. The molecule has 3 N–H and O–H groups in total. The molecular formula is C6H12Cl2N4. The van der Waals surface area contributed by atoms with Crippen LogP contribution in [0.4, 0.5) is 0 Å². The summed E-state index contributed by atoms with van der Waals surface area (Å²) in [6.45, 7) is 0. The Morgan fingerprint density at radius 3 is 2.58 bits per heavy atom. The van der Waals surface area contributed by atoms with Crippen molar-refractivity contribution in [2.24, 2.45) is 5.73 Å². The van der Waals surface area contributed by atoms with E-state index in [9.17, 15) is 0 Å². The zero-order valence-electron chi connectivity index (χ0n) is 6.49. The van der Waals surface area contributed by atoms with E-state index in [4.69, 9.17) is 5.73 Å². The monoisotopic (exact) mass is 210 g/mol. The normalized spacial score (nSPS) is 17.4. The van der Waals surface area contributed by atoms with Gasteiger partial charge in [-0.2, -0.15) is 5.10 Å². The molecule has 1 saturated carbocycles. The molecule has 0 saturated heterocycles. The lowest BCUT2D eigenvalue weighted by atomic mass is 10.2. The van der Waals surface area contributed by atoms with Crippen molar-refractivity contribution in [3.8, 4) is 0 Å². The highest BCUT2D eigenvalue weighted by molar-refractivity contribution is 5.85. The summed E-state index contributed by atoms with van der Waals surface area (Å²) in [5.74, 6) is 0.903. The molecule has 1 aliphatic rings. The molecule has 0 bridgehead atoms. The molecule has 0 unspecified atom stereocenters. The Morgan fingerprint density at radius 1 is 1.50 bits per heavy atom. The molecule has 12 heavy (non-hydrogen) atoms. The van der Waals surface area contributed by atoms with Gasteiger partial charge >= 0.3 is 0 Å². The van der Waals surface area contributed by atoms with Crippen LogP contribution in [-0.4, -0.2) is 20.7 Å². The van der Waals surface area contributed by atoms with Gasteiger partial charge < -0.3 is 5.73 Å². The molecule has 2 rings (SSSR count). The number of aromatic nitrogens is 3. The van der Waals surface area contributed by atoms with Crippen LogP contribution in [0.2, 0.25) is 0 Å². The van der Waals surface area contributed by atoms with Crippen LogP contribution >= 0.6 is 24.8 Å². The first-order valence-electron chi connectivity index (χ1n) is 3.42. The third-order valence-electron chi connectivity index (χ3n) is 1.88. The smallest absolute Gasteiger partial charge is 0.137 e. The van der Waals surface area contributed by atoms with Gasteiger partial charge in [0.2, 0.25) is 0 Å². The van der Waals surface area contributed by atoms with E-state index in [2.05, 4.69) is 15.2 Å². The summed E-state index contributed by atoms with van der Waals surface area (Å²) in [5, 5.41) is 6.54. The number of hydrogen-bond acceptors (Lipinski definition) is 3. The lowest BCUT2D eigenvalue weighted by Crippen LogP contribution is -2.25. The standard InChI is InChI=1S/C6H10N4.2ClH/c7-6(1-2-6)3-5-8-4-9-10-5;;/h4H,1-3,7H2,(H,8,9,10);2*1H. The molecular weight excluding hydrogens is 199 g/mol. The fourth-order valence-corrected chi connectivity index (χ4v) is 0.987. The van der Waals surface area contributed by atoms with Gasteiger partial charge in [-0.1, -0.05) is 0 Å². The largest absolute Gasteiger partial charge is 0.325 e. The first-order chi connectivity index (χ1) is 4.79. The van der Waals surface area contributed by atoms with Gasteiger partial charge in [0.05, 0.1) is 0 Å². The first-order valence-corrected chi connectivity index (χ1v) is 3.42. The van der Waals surface area contributed by atoms with Crippen molar-refractivity contribution < 1.29 is 0 Å². The summed E-state index contributed by atoms with van der Waals surface area (Å²) in [6.07, 6.45) is 4.59. The minimum Gasteiger partial charge on any atom is -0.325 e. The van der Waals surface area contributed by atoms with E-state index in [1.54, 1.807) is 0 Å². The lowest BCUT2D eigenvalue weighted by Gasteiger charge is -2.02. The van der Waals surface area contributed by atoms with Crippen LogP contribution in [0.5, 0.6) is 0 Å². The summed E-state index contributed by atoms with van der Waals surface area (Å²) >= 11 is 0. The van der Waals surface area contributed by atoms with Gasteiger partial charge in [-0.15, -0.1) is 24.8 Å². The number of aromatic amines is 1. The average Bonchev–Trinajstić information content (AvgIpc) is 2.47. The molecule has 1 aliphatic carbocycles. The van der Waals surface area contributed by atoms with Gasteiger partial charge in [-0.25, -0.2) is 4.98 Å². The molecule has 0 spiro atoms. The first kappa shape index (κ1) is 11.7. The molecule has 0 aliphatic heterocycles. The highest BCUT2D eigenvalue weighted by Gasteiger charge is 2.38. The number of rotatable bonds is 2.